The predicted molar refractivity (Wildman–Crippen MR) is 25.8 cm³/mol. The van der Waals surface area contributed by atoms with Gasteiger partial charge < -0.3 is 0 Å². The minimum Gasteiger partial charge on any atom is -0.172 e. The lowest BCUT2D eigenvalue weighted by molar-refractivity contribution is 2.10. The lowest BCUT2D eigenvalue weighted by Crippen LogP contribution is -1.78. The summed E-state index contributed by atoms with van der Waals surface area (Å²) in [6.45, 7) is 4.14. The standard InChI is InChI=1S/C2H7ClSi/c1-4(2)3/h4H,1-2H3/p+1. The Hall–Kier alpha value is 0.507. The van der Waals surface area contributed by atoms with Crippen molar-refractivity contribution in [3.63, 3.8) is 0 Å². The first-order chi connectivity index (χ1) is 1.73. The molecule has 0 N–H and O–H groups in total. The van der Waals surface area contributed by atoms with E-state index in [-0.39, 0.29) is 1.43 Å². The zero-order chi connectivity index (χ0) is 3.58. The third-order valence-electron chi connectivity index (χ3n) is 0. The van der Waals surface area contributed by atoms with Crippen molar-refractivity contribution < 1.29 is 1.43 Å². The molecule has 0 unspecified atom stereocenters. The molecule has 0 heterocycles. The van der Waals surface area contributed by atoms with Crippen molar-refractivity contribution in [3.05, 3.63) is 0 Å². The van der Waals surface area contributed by atoms with Crippen molar-refractivity contribution in [2.24, 2.45) is 0 Å². The second kappa shape index (κ2) is 1.79. The maximum Gasteiger partial charge on any atom is 1.00 e. The Bertz CT molecular complexity index is 14.4. The van der Waals surface area contributed by atoms with Crippen molar-refractivity contribution >= 4 is 19.2 Å². The predicted octanol–water partition coefficient (Wildman–Crippen LogP) is 1.32. The van der Waals surface area contributed by atoms with Crippen LogP contribution in [0.5, 0.6) is 0 Å². The highest BCUT2D eigenvalue weighted by molar-refractivity contribution is 7.05. The van der Waals surface area contributed by atoms with Gasteiger partial charge in [0.25, 0.3) is 0 Å². The van der Waals surface area contributed by atoms with Crippen molar-refractivity contribution in [2.45, 2.75) is 13.1 Å². The van der Waals surface area contributed by atoms with Gasteiger partial charge in [-0.2, -0.15) is 11.1 Å². The molecule has 4 heavy (non-hydrogen) atoms. The Labute approximate surface area is 34.6 Å². The molecule has 0 bridgehead atoms. The lowest BCUT2D eigenvalue weighted by Gasteiger charge is -1.72. The van der Waals surface area contributed by atoms with Crippen LogP contribution in [0.15, 0.2) is 0 Å². The summed E-state index contributed by atoms with van der Waals surface area (Å²) in [7, 11) is -0.667. The van der Waals surface area contributed by atoms with Gasteiger partial charge in [-0.3, -0.25) is 0 Å². The molecule has 0 amide bonds. The number of halogens is 1. The van der Waals surface area contributed by atoms with Crippen molar-refractivity contribution in [3.8, 4) is 0 Å². The largest absolute Gasteiger partial charge is 1.00 e. The fourth-order valence-electron chi connectivity index (χ4n) is 0. The van der Waals surface area contributed by atoms with Crippen molar-refractivity contribution in [2.75, 3.05) is 0 Å². The Balaban J connectivity index is 0. The number of hydrogen-bond donors (Lipinski definition) is 0. The van der Waals surface area contributed by atoms with Gasteiger partial charge >= 0.3 is 1.43 Å². The number of hydrogen-bond acceptors (Lipinski definition) is 0. The highest BCUT2D eigenvalue weighted by Crippen LogP contribution is 1.79. The third-order valence-corrected chi connectivity index (χ3v) is 0. The van der Waals surface area contributed by atoms with Gasteiger partial charge in [0.1, 0.15) is 8.11 Å². The van der Waals surface area contributed by atoms with Gasteiger partial charge in [0.05, 0.1) is 0 Å². The average Bonchev–Trinajstić information content (AvgIpc) is 0.811. The summed E-state index contributed by atoms with van der Waals surface area (Å²) in [5.41, 5.74) is 0. The molecule has 0 saturated carbocycles. The summed E-state index contributed by atoms with van der Waals surface area (Å²) in [5.74, 6) is 0. The molecule has 0 fully saturated rings. The highest BCUT2D eigenvalue weighted by atomic mass is 35.6. The Morgan fingerprint density at radius 1 is 1.75 bits per heavy atom. The maximum atomic E-state index is 5.41. The first-order valence-corrected chi connectivity index (χ1v) is 5.43. The van der Waals surface area contributed by atoms with Crippen LogP contribution < -0.4 is 0 Å². The van der Waals surface area contributed by atoms with E-state index in [1.165, 1.54) is 0 Å². The average molecular weight is 95.6 g/mol. The molecule has 0 aromatic carbocycles. The minimum absolute atomic E-state index is 0. The maximum absolute atomic E-state index is 5.41. The van der Waals surface area contributed by atoms with E-state index in [1.807, 2.05) is 0 Å². The summed E-state index contributed by atoms with van der Waals surface area (Å²) in [6.07, 6.45) is 0. The normalized spacial score (nSPS) is 9.00. The van der Waals surface area contributed by atoms with E-state index < -0.39 is 8.11 Å². The smallest absolute Gasteiger partial charge is 0.172 e. The quantitative estimate of drug-likeness (QED) is 0.315. The molecule has 0 aliphatic rings. The third kappa shape index (κ3) is 22.2. The fraction of sp³-hybridized carbons (Fsp3) is 1.00. The summed E-state index contributed by atoms with van der Waals surface area (Å²) in [6, 6.07) is 0. The van der Waals surface area contributed by atoms with E-state index in [0.717, 1.165) is 0 Å². The SMILES string of the molecule is C[SiH](C)Cl.[H+]. The van der Waals surface area contributed by atoms with Crippen molar-refractivity contribution in [1.29, 1.82) is 0 Å². The number of rotatable bonds is 0. The van der Waals surface area contributed by atoms with Crippen LogP contribution in [-0.4, -0.2) is 8.11 Å². The summed E-state index contributed by atoms with van der Waals surface area (Å²) < 4.78 is 0. The molecular formula is C2H8ClSi+. The van der Waals surface area contributed by atoms with Crippen molar-refractivity contribution in [1.82, 2.24) is 0 Å². The Morgan fingerprint density at radius 2 is 1.75 bits per heavy atom. The highest BCUT2D eigenvalue weighted by Gasteiger charge is 1.76. The van der Waals surface area contributed by atoms with Gasteiger partial charge in [0.2, 0.25) is 0 Å². The Morgan fingerprint density at radius 3 is 1.75 bits per heavy atom. The van der Waals surface area contributed by atoms with Crippen LogP contribution in [0.2, 0.25) is 13.1 Å². The van der Waals surface area contributed by atoms with Crippen LogP contribution in [0.4, 0.5) is 0 Å². The van der Waals surface area contributed by atoms with Gasteiger partial charge in [-0.1, -0.05) is 13.1 Å². The van der Waals surface area contributed by atoms with E-state index in [2.05, 4.69) is 13.1 Å². The monoisotopic (exact) mass is 95.0 g/mol. The van der Waals surface area contributed by atoms with Gasteiger partial charge in [-0.05, 0) is 0 Å². The van der Waals surface area contributed by atoms with Gasteiger partial charge in [-0.15, -0.1) is 0 Å². The topological polar surface area (TPSA) is 0 Å². The Kier molecular flexibility index (Phi) is 2.02. The molecular weight excluding hydrogens is 87.6 g/mol. The molecule has 0 rings (SSSR count). The first-order valence-electron chi connectivity index (χ1n) is 1.37. The molecule has 2 heteroatoms. The molecule has 0 atom stereocenters. The second-order valence-corrected chi connectivity index (χ2v) is 5.66. The van der Waals surface area contributed by atoms with E-state index in [4.69, 9.17) is 11.1 Å². The summed E-state index contributed by atoms with van der Waals surface area (Å²) in [4.78, 5) is 0. The van der Waals surface area contributed by atoms with Crippen LogP contribution in [0.1, 0.15) is 1.43 Å². The van der Waals surface area contributed by atoms with Gasteiger partial charge in [-0.25, -0.2) is 0 Å². The fourth-order valence-corrected chi connectivity index (χ4v) is 0. The minimum atomic E-state index is -0.667. The molecule has 26 valence electrons. The van der Waals surface area contributed by atoms with Crippen LogP contribution >= 0.6 is 11.1 Å². The van der Waals surface area contributed by atoms with E-state index in [0.29, 0.717) is 0 Å². The van der Waals surface area contributed by atoms with Crippen LogP contribution in [0.3, 0.4) is 0 Å². The summed E-state index contributed by atoms with van der Waals surface area (Å²) >= 11 is 5.41. The van der Waals surface area contributed by atoms with E-state index in [9.17, 15) is 0 Å². The zero-order valence-electron chi connectivity index (χ0n) is 3.96. The molecule has 0 aliphatic heterocycles. The molecule has 0 aliphatic carbocycles. The molecule has 0 nitrogen and oxygen atoms in total. The van der Waals surface area contributed by atoms with E-state index in [1.54, 1.807) is 0 Å². The molecule has 0 spiro atoms. The van der Waals surface area contributed by atoms with E-state index >= 15 is 0 Å². The zero-order valence-corrected chi connectivity index (χ0v) is 4.87. The second-order valence-electron chi connectivity index (χ2n) is 1.01. The van der Waals surface area contributed by atoms with Crippen LogP contribution in [0, 0.1) is 0 Å². The van der Waals surface area contributed by atoms with Gasteiger partial charge in [0.15, 0.2) is 0 Å². The molecule has 0 aromatic heterocycles. The molecule has 0 saturated heterocycles. The van der Waals surface area contributed by atoms with Crippen LogP contribution in [0.25, 0.3) is 0 Å². The first kappa shape index (κ1) is 4.51. The molecule has 0 aromatic rings. The van der Waals surface area contributed by atoms with Crippen LogP contribution in [-0.2, 0) is 0 Å². The van der Waals surface area contributed by atoms with Gasteiger partial charge in [0, 0.05) is 0 Å². The summed E-state index contributed by atoms with van der Waals surface area (Å²) in [5, 5.41) is 0. The lowest BCUT2D eigenvalue weighted by atomic mass is 11.9. The molecule has 0 radical (unpaired) electrons.